The van der Waals surface area contributed by atoms with Gasteiger partial charge in [0, 0.05) is 25.6 Å². The molecular weight excluding hydrogens is 901 g/mol. The summed E-state index contributed by atoms with van der Waals surface area (Å²) in [5.41, 5.74) is 4.82. The van der Waals surface area contributed by atoms with Crippen molar-refractivity contribution in [1.82, 2.24) is 40.4 Å². The Bertz CT molecular complexity index is 2570. The number of carbonyl (C=O) groups is 5. The Balaban J connectivity index is 0.00000347. The fourth-order valence-electron chi connectivity index (χ4n) is 9.44. The molecule has 1 saturated heterocycles. The van der Waals surface area contributed by atoms with Crippen molar-refractivity contribution in [2.75, 3.05) is 43.6 Å². The molecular formula is C50H66N10O8S. The Labute approximate surface area is 407 Å². The number of fused-ring (bicyclic) bond motifs is 2. The number of amides is 5. The molecule has 3 aromatic heterocycles. The van der Waals surface area contributed by atoms with Gasteiger partial charge in [0.25, 0.3) is 17.4 Å². The maximum atomic E-state index is 13.9. The number of aromatic nitrogens is 4. The number of benzene rings is 1. The van der Waals surface area contributed by atoms with Crippen molar-refractivity contribution in [3.05, 3.63) is 81.1 Å². The van der Waals surface area contributed by atoms with Gasteiger partial charge >= 0.3 is 0 Å². The molecule has 2 aliphatic heterocycles. The van der Waals surface area contributed by atoms with E-state index >= 15 is 0 Å². The highest BCUT2D eigenvalue weighted by molar-refractivity contribution is 7.13. The van der Waals surface area contributed by atoms with Gasteiger partial charge in [-0.2, -0.15) is 0 Å². The molecule has 69 heavy (non-hydrogen) atoms. The Morgan fingerprint density at radius 1 is 0.899 bits per heavy atom. The second-order valence-electron chi connectivity index (χ2n) is 19.3. The largest absolute Gasteiger partial charge is 0.379 e. The van der Waals surface area contributed by atoms with E-state index in [-0.39, 0.29) is 79.4 Å². The zero-order valence-electron chi connectivity index (χ0n) is 40.8. The molecule has 5 N–H and O–H groups in total. The maximum Gasteiger partial charge on any atom is 0.276 e. The van der Waals surface area contributed by atoms with E-state index in [1.54, 1.807) is 26.9 Å². The molecule has 0 unspecified atom stereocenters. The van der Waals surface area contributed by atoms with E-state index in [4.69, 9.17) is 9.47 Å². The van der Waals surface area contributed by atoms with Crippen LogP contribution < -0.4 is 32.1 Å². The average molecular weight is 967 g/mol. The number of nitrogens with one attached hydrogen (secondary N) is 5. The fourth-order valence-corrected chi connectivity index (χ4v) is 10.3. The Morgan fingerprint density at radius 2 is 1.59 bits per heavy atom. The van der Waals surface area contributed by atoms with Crippen LogP contribution in [0, 0.1) is 24.7 Å². The van der Waals surface area contributed by atoms with Crippen LogP contribution in [0.3, 0.4) is 0 Å². The van der Waals surface area contributed by atoms with Crippen LogP contribution >= 0.6 is 11.3 Å². The number of anilines is 3. The van der Waals surface area contributed by atoms with Crippen molar-refractivity contribution < 1.29 is 33.4 Å². The molecule has 2 aliphatic carbocycles. The topological polar surface area (TPSA) is 228 Å². The molecule has 2 spiro atoms. The Morgan fingerprint density at radius 3 is 2.28 bits per heavy atom. The SMILES string of the molecule is CC.Cc1cc(Nc2cc(NC(=O)COCCOCCC(=O)N[C@H](C(=O)N3CCC[C@H]3C(=O)NCc3ccc(-c4scnc4C)cc3)C(C)(C)C)ncn2)c(=O)n2c1C(=O)NC21CCC2(CC2)CC1. The van der Waals surface area contributed by atoms with Crippen molar-refractivity contribution in [2.45, 2.75) is 131 Å². The number of hydrogen-bond donors (Lipinski definition) is 5. The molecule has 4 aromatic rings. The van der Waals surface area contributed by atoms with Gasteiger partial charge in [-0.3, -0.25) is 33.3 Å². The molecule has 4 aliphatic rings. The quantitative estimate of drug-likeness (QED) is 0.0757. The van der Waals surface area contributed by atoms with E-state index < -0.39 is 29.1 Å². The molecule has 2 saturated carbocycles. The number of carbonyl (C=O) groups excluding carboxylic acids is 5. The molecule has 18 nitrogen and oxygen atoms in total. The first-order valence-corrected chi connectivity index (χ1v) is 24.9. The molecule has 5 amide bonds. The lowest BCUT2D eigenvalue weighted by Crippen LogP contribution is -2.57. The number of rotatable bonds is 17. The lowest BCUT2D eigenvalue weighted by molar-refractivity contribution is -0.144. The number of ether oxygens (including phenoxy) is 2. The van der Waals surface area contributed by atoms with Crippen LogP contribution in [0.2, 0.25) is 0 Å². The summed E-state index contributed by atoms with van der Waals surface area (Å²) in [7, 11) is 0. The summed E-state index contributed by atoms with van der Waals surface area (Å²) in [4.78, 5) is 95.5. The van der Waals surface area contributed by atoms with Crippen LogP contribution in [-0.2, 0) is 40.9 Å². The summed E-state index contributed by atoms with van der Waals surface area (Å²) in [5, 5.41) is 14.8. The van der Waals surface area contributed by atoms with E-state index in [1.165, 1.54) is 25.2 Å². The van der Waals surface area contributed by atoms with E-state index in [9.17, 15) is 28.8 Å². The standard InChI is InChI=1S/C48H60N10O8S.C2H6/c1-29-23-33(44(63)58-39(29)43(62)56-48(58)17-15-47(13-14-47)16-18-48)53-35-24-36(51-27-50-35)54-38(60)26-66-22-21-65-20-12-37(59)55-41(46(3,4)5)45(64)57-19-6-7-34(57)42(61)49-25-31-8-10-32(11-9-31)40-30(2)52-28-67-40;1-2/h8-11,23-24,27-28,34,41H,6-7,12-22,25-26H2,1-5H3,(H,49,61)(H,55,59)(H,56,62)(H2,50,51,53,54,60);1-2H3/t34-,41+;/m0./s1. The highest BCUT2D eigenvalue weighted by Crippen LogP contribution is 2.59. The molecule has 0 bridgehead atoms. The lowest BCUT2D eigenvalue weighted by atomic mass is 9.79. The molecule has 1 aromatic carbocycles. The number of nitrogens with zero attached hydrogens (tertiary/aromatic N) is 5. The van der Waals surface area contributed by atoms with Gasteiger partial charge in [-0.15, -0.1) is 11.3 Å². The monoisotopic (exact) mass is 966 g/mol. The molecule has 8 rings (SSSR count). The minimum absolute atomic E-state index is 0.0102. The number of aryl methyl sites for hydroxylation is 2. The van der Waals surface area contributed by atoms with Crippen LogP contribution in [-0.4, -0.2) is 99.0 Å². The van der Waals surface area contributed by atoms with E-state index in [0.717, 1.165) is 34.5 Å². The van der Waals surface area contributed by atoms with Gasteiger partial charge in [0.05, 0.1) is 35.9 Å². The van der Waals surface area contributed by atoms with E-state index in [0.29, 0.717) is 55.4 Å². The van der Waals surface area contributed by atoms with E-state index in [2.05, 4.69) is 41.5 Å². The molecule has 2 atom stereocenters. The van der Waals surface area contributed by atoms with Crippen LogP contribution in [0.5, 0.6) is 0 Å². The molecule has 370 valence electrons. The number of hydrogen-bond acceptors (Lipinski definition) is 13. The summed E-state index contributed by atoms with van der Waals surface area (Å²) in [6, 6.07) is 9.63. The Kier molecular flexibility index (Phi) is 16.0. The lowest BCUT2D eigenvalue weighted by Gasteiger charge is -2.39. The van der Waals surface area contributed by atoms with Gasteiger partial charge < -0.3 is 41.0 Å². The van der Waals surface area contributed by atoms with Gasteiger partial charge in [0.1, 0.15) is 53.7 Å². The van der Waals surface area contributed by atoms with Gasteiger partial charge in [-0.05, 0) is 98.8 Å². The first-order valence-electron chi connectivity index (χ1n) is 24.1. The van der Waals surface area contributed by atoms with Crippen molar-refractivity contribution in [2.24, 2.45) is 10.8 Å². The van der Waals surface area contributed by atoms with Crippen LogP contribution in [0.15, 0.2) is 53.0 Å². The summed E-state index contributed by atoms with van der Waals surface area (Å²) in [5.74, 6) is -1.13. The zero-order valence-corrected chi connectivity index (χ0v) is 41.6. The van der Waals surface area contributed by atoms with Crippen molar-refractivity contribution in [3.8, 4) is 10.4 Å². The highest BCUT2D eigenvalue weighted by Gasteiger charge is 2.54. The normalized spacial score (nSPS) is 17.9. The number of likely N-dealkylation sites (tertiary alicyclic amines) is 1. The highest BCUT2D eigenvalue weighted by atomic mass is 32.1. The van der Waals surface area contributed by atoms with Crippen molar-refractivity contribution >= 4 is 58.2 Å². The van der Waals surface area contributed by atoms with Gasteiger partial charge in [0.2, 0.25) is 17.7 Å². The Hall–Kier alpha value is -6.05. The first kappa shape index (κ1) is 50.8. The molecule has 0 radical (unpaired) electrons. The fraction of sp³-hybridized carbons (Fsp3) is 0.540. The minimum Gasteiger partial charge on any atom is -0.379 e. The van der Waals surface area contributed by atoms with Gasteiger partial charge in [0.15, 0.2) is 0 Å². The predicted octanol–water partition coefficient (Wildman–Crippen LogP) is 6.10. The smallest absolute Gasteiger partial charge is 0.276 e. The molecule has 5 heterocycles. The third kappa shape index (κ3) is 11.9. The van der Waals surface area contributed by atoms with Crippen LogP contribution in [0.4, 0.5) is 17.3 Å². The maximum absolute atomic E-state index is 13.9. The third-order valence-corrected chi connectivity index (χ3v) is 14.4. The van der Waals surface area contributed by atoms with E-state index in [1.807, 2.05) is 78.2 Å². The summed E-state index contributed by atoms with van der Waals surface area (Å²) in [6.07, 6.45) is 8.25. The van der Waals surface area contributed by atoms with Crippen LogP contribution in [0.1, 0.15) is 120 Å². The second kappa shape index (κ2) is 21.7. The molecule has 3 fully saturated rings. The van der Waals surface area contributed by atoms with Gasteiger partial charge in [-0.1, -0.05) is 58.9 Å². The van der Waals surface area contributed by atoms with Crippen molar-refractivity contribution in [3.63, 3.8) is 0 Å². The third-order valence-electron chi connectivity index (χ3n) is 13.4. The molecule has 19 heteroatoms. The van der Waals surface area contributed by atoms with Crippen LogP contribution in [0.25, 0.3) is 10.4 Å². The average Bonchev–Trinajstić information content (AvgIpc) is 3.58. The zero-order chi connectivity index (χ0) is 49.5. The van der Waals surface area contributed by atoms with Crippen molar-refractivity contribution in [1.29, 1.82) is 0 Å². The number of pyridine rings is 1. The predicted molar refractivity (Wildman–Crippen MR) is 263 cm³/mol. The number of thiazole rings is 1. The second-order valence-corrected chi connectivity index (χ2v) is 20.2. The minimum atomic E-state index is -0.862. The first-order chi connectivity index (χ1) is 33.0. The summed E-state index contributed by atoms with van der Waals surface area (Å²) in [6.45, 7) is 14.1. The summed E-state index contributed by atoms with van der Waals surface area (Å²) < 4.78 is 12.7. The summed E-state index contributed by atoms with van der Waals surface area (Å²) >= 11 is 1.58. The van der Waals surface area contributed by atoms with Gasteiger partial charge in [-0.25, -0.2) is 15.0 Å².